The lowest BCUT2D eigenvalue weighted by molar-refractivity contribution is 0.209. The first-order valence-electron chi connectivity index (χ1n) is 5.71. The average molecular weight is 332 g/mol. The van der Waals surface area contributed by atoms with Gasteiger partial charge in [-0.25, -0.2) is 17.1 Å². The van der Waals surface area contributed by atoms with Gasteiger partial charge in [-0.1, -0.05) is 11.6 Å². The Bertz CT molecular complexity index is 728. The van der Waals surface area contributed by atoms with Crippen molar-refractivity contribution in [2.24, 2.45) is 0 Å². The van der Waals surface area contributed by atoms with Crippen molar-refractivity contribution >= 4 is 27.4 Å². The number of anilines is 1. The Morgan fingerprint density at radius 2 is 2.14 bits per heavy atom. The van der Waals surface area contributed by atoms with Crippen LogP contribution in [0.15, 0.2) is 41.4 Å². The van der Waals surface area contributed by atoms with E-state index in [4.69, 9.17) is 16.3 Å². The van der Waals surface area contributed by atoms with Crippen LogP contribution < -0.4 is 4.31 Å². The van der Waals surface area contributed by atoms with Gasteiger partial charge >= 0.3 is 0 Å². The Kier molecular flexibility index (Phi) is 4.71. The molecule has 112 valence electrons. The third kappa shape index (κ3) is 3.29. The average Bonchev–Trinajstić information content (AvgIpc) is 2.48. The first-order chi connectivity index (χ1) is 9.96. The number of ether oxygens (including phenoxy) is 1. The van der Waals surface area contributed by atoms with Crippen molar-refractivity contribution in [2.75, 3.05) is 18.1 Å². The molecule has 1 aromatic carbocycles. The SMILES string of the molecule is COCN(c1cccnn1)S(=O)(=O)c1cc(Cl)ccc1F. The van der Waals surface area contributed by atoms with Gasteiger partial charge in [0.25, 0.3) is 10.0 Å². The number of benzene rings is 1. The van der Waals surface area contributed by atoms with Gasteiger partial charge in [-0.3, -0.25) is 0 Å². The molecular weight excluding hydrogens is 321 g/mol. The molecule has 0 aliphatic heterocycles. The van der Waals surface area contributed by atoms with Crippen LogP contribution in [0.5, 0.6) is 0 Å². The van der Waals surface area contributed by atoms with Gasteiger partial charge in [-0.05, 0) is 30.3 Å². The zero-order valence-corrected chi connectivity index (χ0v) is 12.5. The fourth-order valence-electron chi connectivity index (χ4n) is 1.60. The van der Waals surface area contributed by atoms with Crippen LogP contribution in [0, 0.1) is 5.82 Å². The van der Waals surface area contributed by atoms with Gasteiger partial charge in [0.1, 0.15) is 17.4 Å². The zero-order valence-electron chi connectivity index (χ0n) is 10.9. The number of hydrogen-bond acceptors (Lipinski definition) is 5. The second-order valence-corrected chi connectivity index (χ2v) is 6.20. The van der Waals surface area contributed by atoms with Crippen LogP contribution in [-0.2, 0) is 14.8 Å². The van der Waals surface area contributed by atoms with E-state index in [1.54, 1.807) is 0 Å². The van der Waals surface area contributed by atoms with Crippen molar-refractivity contribution in [1.82, 2.24) is 10.2 Å². The number of rotatable bonds is 5. The van der Waals surface area contributed by atoms with Gasteiger partial charge < -0.3 is 4.74 Å². The lowest BCUT2D eigenvalue weighted by atomic mass is 10.3. The summed E-state index contributed by atoms with van der Waals surface area (Å²) in [6, 6.07) is 6.21. The van der Waals surface area contributed by atoms with E-state index in [2.05, 4.69) is 10.2 Å². The van der Waals surface area contributed by atoms with Crippen LogP contribution in [0.4, 0.5) is 10.2 Å². The maximum absolute atomic E-state index is 13.8. The van der Waals surface area contributed by atoms with E-state index in [9.17, 15) is 12.8 Å². The summed E-state index contributed by atoms with van der Waals surface area (Å²) in [5.74, 6) is -0.900. The molecule has 9 heteroatoms. The van der Waals surface area contributed by atoms with E-state index in [-0.39, 0.29) is 17.6 Å². The van der Waals surface area contributed by atoms with Crippen LogP contribution in [0.1, 0.15) is 0 Å². The van der Waals surface area contributed by atoms with Crippen molar-refractivity contribution in [3.05, 3.63) is 47.4 Å². The number of halogens is 2. The summed E-state index contributed by atoms with van der Waals surface area (Å²) >= 11 is 5.74. The molecule has 0 saturated heterocycles. The molecule has 0 saturated carbocycles. The normalized spacial score (nSPS) is 11.4. The molecule has 0 spiro atoms. The van der Waals surface area contributed by atoms with Gasteiger partial charge in [0.2, 0.25) is 0 Å². The molecule has 0 amide bonds. The molecule has 21 heavy (non-hydrogen) atoms. The summed E-state index contributed by atoms with van der Waals surface area (Å²) < 4.78 is 44.7. The van der Waals surface area contributed by atoms with Gasteiger partial charge in [0.05, 0.1) is 0 Å². The predicted molar refractivity (Wildman–Crippen MR) is 75.0 cm³/mol. The lowest BCUT2D eigenvalue weighted by Gasteiger charge is -2.22. The van der Waals surface area contributed by atoms with Gasteiger partial charge in [-0.2, -0.15) is 5.10 Å². The van der Waals surface area contributed by atoms with E-state index in [0.29, 0.717) is 0 Å². The molecular formula is C12H11ClFN3O3S. The summed E-state index contributed by atoms with van der Waals surface area (Å²) in [7, 11) is -2.91. The van der Waals surface area contributed by atoms with Crippen LogP contribution in [0.25, 0.3) is 0 Å². The molecule has 0 fully saturated rings. The van der Waals surface area contributed by atoms with E-state index in [1.807, 2.05) is 0 Å². The first kappa shape index (κ1) is 15.6. The molecule has 0 N–H and O–H groups in total. The van der Waals surface area contributed by atoms with Crippen molar-refractivity contribution < 1.29 is 17.5 Å². The van der Waals surface area contributed by atoms with Crippen LogP contribution >= 0.6 is 11.6 Å². The van der Waals surface area contributed by atoms with Crippen LogP contribution in [0.2, 0.25) is 5.02 Å². The maximum atomic E-state index is 13.8. The van der Waals surface area contributed by atoms with E-state index >= 15 is 0 Å². The fraction of sp³-hybridized carbons (Fsp3) is 0.167. The summed E-state index contributed by atoms with van der Waals surface area (Å²) in [4.78, 5) is -0.558. The molecule has 2 aromatic rings. The van der Waals surface area contributed by atoms with Crippen LogP contribution in [0.3, 0.4) is 0 Å². The van der Waals surface area contributed by atoms with Gasteiger partial charge in [0, 0.05) is 18.3 Å². The summed E-state index contributed by atoms with van der Waals surface area (Å²) in [6.07, 6.45) is 1.39. The molecule has 0 aliphatic carbocycles. The number of methoxy groups -OCH3 is 1. The smallest absolute Gasteiger partial charge is 0.270 e. The molecule has 2 rings (SSSR count). The minimum atomic E-state index is -4.22. The fourth-order valence-corrected chi connectivity index (χ4v) is 3.25. The zero-order chi connectivity index (χ0) is 15.5. The summed E-state index contributed by atoms with van der Waals surface area (Å²) in [6.45, 7) is -0.340. The van der Waals surface area contributed by atoms with E-state index in [0.717, 1.165) is 16.4 Å². The quantitative estimate of drug-likeness (QED) is 0.784. The summed E-state index contributed by atoms with van der Waals surface area (Å²) in [5.41, 5.74) is 0. The van der Waals surface area contributed by atoms with Crippen molar-refractivity contribution in [3.8, 4) is 0 Å². The Morgan fingerprint density at radius 3 is 2.76 bits per heavy atom. The highest BCUT2D eigenvalue weighted by Crippen LogP contribution is 2.25. The lowest BCUT2D eigenvalue weighted by Crippen LogP contribution is -2.34. The third-order valence-corrected chi connectivity index (χ3v) is 4.50. The monoisotopic (exact) mass is 331 g/mol. The number of hydrogen-bond donors (Lipinski definition) is 0. The first-order valence-corrected chi connectivity index (χ1v) is 7.53. The second-order valence-electron chi connectivity index (χ2n) is 3.93. The highest BCUT2D eigenvalue weighted by molar-refractivity contribution is 7.92. The Hall–Kier alpha value is -1.77. The molecule has 1 heterocycles. The molecule has 0 radical (unpaired) electrons. The number of nitrogens with zero attached hydrogens (tertiary/aromatic N) is 3. The third-order valence-electron chi connectivity index (χ3n) is 2.52. The Morgan fingerprint density at radius 1 is 1.38 bits per heavy atom. The van der Waals surface area contributed by atoms with Crippen LogP contribution in [-0.4, -0.2) is 32.5 Å². The number of sulfonamides is 1. The molecule has 0 aliphatic rings. The van der Waals surface area contributed by atoms with Crippen molar-refractivity contribution in [3.63, 3.8) is 0 Å². The second kappa shape index (κ2) is 6.33. The van der Waals surface area contributed by atoms with Crippen molar-refractivity contribution in [2.45, 2.75) is 4.90 Å². The molecule has 0 atom stereocenters. The minimum absolute atomic E-state index is 0.0127. The minimum Gasteiger partial charge on any atom is -0.363 e. The highest BCUT2D eigenvalue weighted by Gasteiger charge is 2.29. The van der Waals surface area contributed by atoms with E-state index < -0.39 is 20.7 Å². The standard InChI is InChI=1S/C12H11ClFN3O3S/c1-20-8-17(12-3-2-6-15-16-12)21(18,19)11-7-9(13)4-5-10(11)14/h2-7H,8H2,1H3. The predicted octanol–water partition coefficient (Wildman–Crippen LogP) is 2.07. The van der Waals surface area contributed by atoms with Gasteiger partial charge in [-0.15, -0.1) is 5.10 Å². The van der Waals surface area contributed by atoms with E-state index in [1.165, 1.54) is 31.5 Å². The van der Waals surface area contributed by atoms with Gasteiger partial charge in [0.15, 0.2) is 5.82 Å². The summed E-state index contributed by atoms with van der Waals surface area (Å²) in [5, 5.41) is 7.41. The molecule has 1 aromatic heterocycles. The largest absolute Gasteiger partial charge is 0.363 e. The Labute approximate surface area is 126 Å². The molecule has 0 bridgehead atoms. The molecule has 6 nitrogen and oxygen atoms in total. The topological polar surface area (TPSA) is 72.4 Å². The number of aromatic nitrogens is 2. The Balaban J connectivity index is 2.55. The highest BCUT2D eigenvalue weighted by atomic mass is 35.5. The maximum Gasteiger partial charge on any atom is 0.270 e. The molecule has 0 unspecified atom stereocenters. The van der Waals surface area contributed by atoms with Crippen molar-refractivity contribution in [1.29, 1.82) is 0 Å².